The Balaban J connectivity index is 1.81. The van der Waals surface area contributed by atoms with Crippen molar-refractivity contribution in [3.8, 4) is 0 Å². The Morgan fingerprint density at radius 3 is 2.56 bits per heavy atom. The molecule has 3 heteroatoms. The molecule has 1 aromatic rings. The molecule has 0 atom stereocenters. The van der Waals surface area contributed by atoms with Crippen molar-refractivity contribution in [1.82, 2.24) is 4.98 Å². The first kappa shape index (κ1) is 13.2. The fourth-order valence-electron chi connectivity index (χ4n) is 2.82. The van der Waals surface area contributed by atoms with E-state index < -0.39 is 0 Å². The van der Waals surface area contributed by atoms with Crippen molar-refractivity contribution >= 4 is 11.5 Å². The number of pyridine rings is 1. The summed E-state index contributed by atoms with van der Waals surface area (Å²) in [6.45, 7) is 5.33. The number of aromatic nitrogens is 1. The molecule has 0 radical (unpaired) electrons. The van der Waals surface area contributed by atoms with Gasteiger partial charge in [0.2, 0.25) is 0 Å². The molecule has 1 heterocycles. The van der Waals surface area contributed by atoms with Gasteiger partial charge in [0, 0.05) is 12.7 Å². The quantitative estimate of drug-likeness (QED) is 0.854. The van der Waals surface area contributed by atoms with Gasteiger partial charge in [-0.3, -0.25) is 0 Å². The second-order valence-electron chi connectivity index (χ2n) is 5.63. The van der Waals surface area contributed by atoms with E-state index >= 15 is 0 Å². The molecule has 0 bridgehead atoms. The Bertz CT molecular complexity index is 381. The van der Waals surface area contributed by atoms with Crippen LogP contribution in [0.3, 0.4) is 0 Å². The molecule has 1 aliphatic carbocycles. The average molecular weight is 247 g/mol. The molecule has 100 valence electrons. The van der Waals surface area contributed by atoms with Crippen LogP contribution < -0.4 is 11.1 Å². The van der Waals surface area contributed by atoms with E-state index in [0.29, 0.717) is 0 Å². The van der Waals surface area contributed by atoms with Gasteiger partial charge in [0.1, 0.15) is 5.82 Å². The maximum atomic E-state index is 5.96. The van der Waals surface area contributed by atoms with E-state index in [1.54, 1.807) is 0 Å². The van der Waals surface area contributed by atoms with Crippen LogP contribution in [0.15, 0.2) is 12.3 Å². The van der Waals surface area contributed by atoms with Crippen molar-refractivity contribution in [2.75, 3.05) is 17.6 Å². The van der Waals surface area contributed by atoms with Gasteiger partial charge in [0.15, 0.2) is 0 Å². The van der Waals surface area contributed by atoms with E-state index in [1.165, 1.54) is 32.1 Å². The molecule has 0 amide bonds. The summed E-state index contributed by atoms with van der Waals surface area (Å²) >= 11 is 0. The van der Waals surface area contributed by atoms with Crippen molar-refractivity contribution < 1.29 is 0 Å². The number of nitrogens with one attached hydrogen (secondary N) is 1. The molecule has 2 rings (SSSR count). The molecule has 0 unspecified atom stereocenters. The lowest BCUT2D eigenvalue weighted by Crippen LogP contribution is -2.21. The lowest BCUT2D eigenvalue weighted by molar-refractivity contribution is 0.278. The van der Waals surface area contributed by atoms with Gasteiger partial charge in [-0.25, -0.2) is 4.98 Å². The van der Waals surface area contributed by atoms with Crippen LogP contribution in [0.4, 0.5) is 11.5 Å². The zero-order chi connectivity index (χ0) is 13.0. The van der Waals surface area contributed by atoms with Crippen LogP contribution in [-0.4, -0.2) is 11.5 Å². The van der Waals surface area contributed by atoms with Crippen LogP contribution in [0.2, 0.25) is 0 Å². The topological polar surface area (TPSA) is 50.9 Å². The second kappa shape index (κ2) is 6.07. The molecule has 0 aliphatic heterocycles. The first-order valence-corrected chi connectivity index (χ1v) is 7.15. The van der Waals surface area contributed by atoms with E-state index in [-0.39, 0.29) is 0 Å². The summed E-state index contributed by atoms with van der Waals surface area (Å²) in [5, 5.41) is 3.41. The summed E-state index contributed by atoms with van der Waals surface area (Å²) in [5.74, 6) is 2.59. The summed E-state index contributed by atoms with van der Waals surface area (Å²) in [4.78, 5) is 4.36. The molecule has 1 fully saturated rings. The van der Waals surface area contributed by atoms with Crippen molar-refractivity contribution in [1.29, 1.82) is 0 Å². The summed E-state index contributed by atoms with van der Waals surface area (Å²) in [6, 6.07) is 1.98. The molecular formula is C15H25N3. The SMILES string of the molecule is CCC1CCC(CNc2ncc(C)cc2N)CC1. The van der Waals surface area contributed by atoms with Gasteiger partial charge >= 0.3 is 0 Å². The largest absolute Gasteiger partial charge is 0.396 e. The van der Waals surface area contributed by atoms with Crippen LogP contribution >= 0.6 is 0 Å². The van der Waals surface area contributed by atoms with Gasteiger partial charge in [0.05, 0.1) is 5.69 Å². The Hall–Kier alpha value is -1.25. The molecule has 3 nitrogen and oxygen atoms in total. The van der Waals surface area contributed by atoms with Gasteiger partial charge in [-0.2, -0.15) is 0 Å². The summed E-state index contributed by atoms with van der Waals surface area (Å²) in [5.41, 5.74) is 7.83. The highest BCUT2D eigenvalue weighted by molar-refractivity contribution is 5.61. The Labute approximate surface area is 110 Å². The number of nitrogen functional groups attached to an aromatic ring is 1. The minimum atomic E-state index is 0.761. The average Bonchev–Trinajstić information content (AvgIpc) is 2.38. The van der Waals surface area contributed by atoms with Gasteiger partial charge in [-0.05, 0) is 43.2 Å². The van der Waals surface area contributed by atoms with E-state index in [9.17, 15) is 0 Å². The third-order valence-corrected chi connectivity index (χ3v) is 4.16. The zero-order valence-electron chi connectivity index (χ0n) is 11.6. The molecule has 1 aliphatic rings. The van der Waals surface area contributed by atoms with E-state index in [2.05, 4.69) is 17.2 Å². The second-order valence-corrected chi connectivity index (χ2v) is 5.63. The number of rotatable bonds is 4. The number of anilines is 2. The van der Waals surface area contributed by atoms with Gasteiger partial charge < -0.3 is 11.1 Å². The van der Waals surface area contributed by atoms with E-state index in [1.807, 2.05) is 19.2 Å². The normalized spacial score (nSPS) is 23.9. The minimum Gasteiger partial charge on any atom is -0.396 e. The molecule has 0 aromatic carbocycles. The molecule has 1 saturated carbocycles. The zero-order valence-corrected chi connectivity index (χ0v) is 11.6. The highest BCUT2D eigenvalue weighted by Crippen LogP contribution is 2.30. The fourth-order valence-corrected chi connectivity index (χ4v) is 2.82. The van der Waals surface area contributed by atoms with E-state index in [0.717, 1.165) is 35.4 Å². The monoisotopic (exact) mass is 247 g/mol. The maximum Gasteiger partial charge on any atom is 0.149 e. The van der Waals surface area contributed by atoms with Gasteiger partial charge in [0.25, 0.3) is 0 Å². The summed E-state index contributed by atoms with van der Waals surface area (Å²) in [6.07, 6.45) is 8.67. The summed E-state index contributed by atoms with van der Waals surface area (Å²) in [7, 11) is 0. The van der Waals surface area contributed by atoms with Gasteiger partial charge in [-0.1, -0.05) is 26.2 Å². The fraction of sp³-hybridized carbons (Fsp3) is 0.667. The molecule has 3 N–H and O–H groups in total. The molecular weight excluding hydrogens is 222 g/mol. The van der Waals surface area contributed by atoms with Crippen LogP contribution in [0.1, 0.15) is 44.6 Å². The molecule has 1 aromatic heterocycles. The third-order valence-electron chi connectivity index (χ3n) is 4.16. The van der Waals surface area contributed by atoms with Crippen molar-refractivity contribution in [2.24, 2.45) is 11.8 Å². The highest BCUT2D eigenvalue weighted by atomic mass is 15.0. The lowest BCUT2D eigenvalue weighted by atomic mass is 9.81. The number of hydrogen-bond acceptors (Lipinski definition) is 3. The Kier molecular flexibility index (Phi) is 4.45. The van der Waals surface area contributed by atoms with Crippen LogP contribution in [0, 0.1) is 18.8 Å². The molecule has 18 heavy (non-hydrogen) atoms. The Morgan fingerprint density at radius 2 is 1.94 bits per heavy atom. The first-order valence-electron chi connectivity index (χ1n) is 7.15. The number of hydrogen-bond donors (Lipinski definition) is 2. The Morgan fingerprint density at radius 1 is 1.28 bits per heavy atom. The first-order chi connectivity index (χ1) is 8.69. The third kappa shape index (κ3) is 3.37. The van der Waals surface area contributed by atoms with Crippen molar-refractivity contribution in [3.63, 3.8) is 0 Å². The standard InChI is InChI=1S/C15H25N3/c1-3-12-4-6-13(7-5-12)10-18-15-14(16)8-11(2)9-17-15/h8-9,12-13H,3-7,10,16H2,1-2H3,(H,17,18). The van der Waals surface area contributed by atoms with Crippen LogP contribution in [0.5, 0.6) is 0 Å². The highest BCUT2D eigenvalue weighted by Gasteiger charge is 2.19. The van der Waals surface area contributed by atoms with Crippen molar-refractivity contribution in [2.45, 2.75) is 46.0 Å². The summed E-state index contributed by atoms with van der Waals surface area (Å²) < 4.78 is 0. The number of nitrogens with zero attached hydrogens (tertiary/aromatic N) is 1. The lowest BCUT2D eigenvalue weighted by Gasteiger charge is -2.28. The van der Waals surface area contributed by atoms with Crippen LogP contribution in [0.25, 0.3) is 0 Å². The number of aryl methyl sites for hydroxylation is 1. The smallest absolute Gasteiger partial charge is 0.149 e. The van der Waals surface area contributed by atoms with Crippen molar-refractivity contribution in [3.05, 3.63) is 17.8 Å². The number of nitrogens with two attached hydrogens (primary N) is 1. The molecule has 0 spiro atoms. The van der Waals surface area contributed by atoms with Gasteiger partial charge in [-0.15, -0.1) is 0 Å². The molecule has 0 saturated heterocycles. The predicted octanol–water partition coefficient (Wildman–Crippen LogP) is 3.60. The minimum absolute atomic E-state index is 0.761. The van der Waals surface area contributed by atoms with E-state index in [4.69, 9.17) is 5.73 Å². The predicted molar refractivity (Wildman–Crippen MR) is 77.6 cm³/mol. The van der Waals surface area contributed by atoms with Crippen LogP contribution in [-0.2, 0) is 0 Å². The maximum absolute atomic E-state index is 5.96.